The van der Waals surface area contributed by atoms with Crippen LogP contribution in [0.15, 0.2) is 30.4 Å². The van der Waals surface area contributed by atoms with E-state index in [-0.39, 0.29) is 12.1 Å². The quantitative estimate of drug-likeness (QED) is 0.808. The summed E-state index contributed by atoms with van der Waals surface area (Å²) in [7, 11) is 0. The average molecular weight is 231 g/mol. The van der Waals surface area contributed by atoms with Crippen molar-refractivity contribution in [2.75, 3.05) is 0 Å². The van der Waals surface area contributed by atoms with Crippen molar-refractivity contribution >= 4 is 0 Å². The van der Waals surface area contributed by atoms with E-state index in [4.69, 9.17) is 10.5 Å². The second-order valence-electron chi connectivity index (χ2n) is 4.85. The lowest BCUT2D eigenvalue weighted by Crippen LogP contribution is -2.18. The van der Waals surface area contributed by atoms with Gasteiger partial charge in [-0.2, -0.15) is 0 Å². The molecule has 1 aliphatic carbocycles. The van der Waals surface area contributed by atoms with Crippen molar-refractivity contribution in [2.24, 2.45) is 5.73 Å². The molecule has 0 fully saturated rings. The van der Waals surface area contributed by atoms with Crippen LogP contribution in [0, 0.1) is 6.92 Å². The van der Waals surface area contributed by atoms with Crippen LogP contribution in [0.25, 0.3) is 0 Å². The van der Waals surface area contributed by atoms with Gasteiger partial charge in [0.2, 0.25) is 0 Å². The highest BCUT2D eigenvalue weighted by Gasteiger charge is 2.14. The molecule has 0 aliphatic heterocycles. The largest absolute Gasteiger partial charge is 0.486 e. The van der Waals surface area contributed by atoms with Crippen LogP contribution in [0.1, 0.15) is 43.4 Å². The first-order valence-corrected chi connectivity index (χ1v) is 6.36. The Morgan fingerprint density at radius 1 is 1.41 bits per heavy atom. The maximum absolute atomic E-state index is 6.06. The number of hydrogen-bond acceptors (Lipinski definition) is 2. The van der Waals surface area contributed by atoms with Crippen molar-refractivity contribution in [3.8, 4) is 5.75 Å². The van der Waals surface area contributed by atoms with Crippen LogP contribution in [0.4, 0.5) is 0 Å². The van der Waals surface area contributed by atoms with Gasteiger partial charge in [0.1, 0.15) is 11.9 Å². The molecule has 92 valence electrons. The molecule has 1 aliphatic rings. The van der Waals surface area contributed by atoms with Crippen LogP contribution in [0.3, 0.4) is 0 Å². The van der Waals surface area contributed by atoms with Crippen LogP contribution in [0.2, 0.25) is 0 Å². The number of hydrogen-bond donors (Lipinski definition) is 1. The molecule has 0 spiro atoms. The van der Waals surface area contributed by atoms with Crippen molar-refractivity contribution in [2.45, 2.75) is 45.3 Å². The Morgan fingerprint density at radius 2 is 2.24 bits per heavy atom. The molecular formula is C15H21NO. The number of aryl methyl sites for hydroxylation is 1. The van der Waals surface area contributed by atoms with Crippen molar-refractivity contribution in [1.82, 2.24) is 0 Å². The summed E-state index contributed by atoms with van der Waals surface area (Å²) < 4.78 is 6.06. The summed E-state index contributed by atoms with van der Waals surface area (Å²) in [6, 6.07) is 6.25. The van der Waals surface area contributed by atoms with E-state index in [0.29, 0.717) is 0 Å². The predicted molar refractivity (Wildman–Crippen MR) is 71.2 cm³/mol. The van der Waals surface area contributed by atoms with E-state index in [0.717, 1.165) is 17.7 Å². The molecule has 0 saturated heterocycles. The summed E-state index contributed by atoms with van der Waals surface area (Å²) in [5, 5.41) is 0. The summed E-state index contributed by atoms with van der Waals surface area (Å²) in [6.45, 7) is 4.07. The molecule has 17 heavy (non-hydrogen) atoms. The number of nitrogens with two attached hydrogens (primary N) is 1. The van der Waals surface area contributed by atoms with E-state index in [2.05, 4.69) is 37.3 Å². The Bertz CT molecular complexity index is 409. The first-order chi connectivity index (χ1) is 8.16. The van der Waals surface area contributed by atoms with Crippen molar-refractivity contribution in [1.29, 1.82) is 0 Å². The fourth-order valence-corrected chi connectivity index (χ4v) is 2.16. The van der Waals surface area contributed by atoms with E-state index in [1.807, 2.05) is 6.92 Å². The Labute approximate surface area is 103 Å². The Hall–Kier alpha value is -1.28. The minimum atomic E-state index is 0.0122. The van der Waals surface area contributed by atoms with Gasteiger partial charge < -0.3 is 10.5 Å². The highest BCUT2D eigenvalue weighted by Crippen LogP contribution is 2.28. The van der Waals surface area contributed by atoms with Gasteiger partial charge in [0.15, 0.2) is 0 Å². The van der Waals surface area contributed by atoms with Crippen LogP contribution in [-0.2, 0) is 0 Å². The van der Waals surface area contributed by atoms with Gasteiger partial charge in [-0.25, -0.2) is 0 Å². The monoisotopic (exact) mass is 231 g/mol. The highest BCUT2D eigenvalue weighted by molar-refractivity contribution is 5.39. The predicted octanol–water partition coefficient (Wildman–Crippen LogP) is 3.50. The molecule has 1 aromatic rings. The molecule has 1 unspecified atom stereocenters. The summed E-state index contributed by atoms with van der Waals surface area (Å²) in [4.78, 5) is 0. The van der Waals surface area contributed by atoms with Gasteiger partial charge in [0.25, 0.3) is 0 Å². The van der Waals surface area contributed by atoms with Crippen LogP contribution in [-0.4, -0.2) is 6.10 Å². The zero-order valence-corrected chi connectivity index (χ0v) is 10.6. The zero-order valence-electron chi connectivity index (χ0n) is 10.6. The van der Waals surface area contributed by atoms with E-state index in [1.165, 1.54) is 18.4 Å². The number of allylic oxidation sites excluding steroid dienone is 1. The maximum Gasteiger partial charge on any atom is 0.125 e. The summed E-state index contributed by atoms with van der Waals surface area (Å²) >= 11 is 0. The first-order valence-electron chi connectivity index (χ1n) is 6.36. The van der Waals surface area contributed by atoms with Gasteiger partial charge in [-0.05, 0) is 50.8 Å². The molecule has 0 aromatic heterocycles. The standard InChI is InChI=1S/C15H21NO/c1-11-8-9-14(12(2)16)15(10-11)17-13-6-4-3-5-7-13/h4,6,8-10,12-13H,3,5,7,16H2,1-2H3/t12-,13?/m0/s1. The fourth-order valence-electron chi connectivity index (χ4n) is 2.16. The lowest BCUT2D eigenvalue weighted by atomic mass is 10.0. The molecule has 2 N–H and O–H groups in total. The highest BCUT2D eigenvalue weighted by atomic mass is 16.5. The molecule has 1 aromatic carbocycles. The Kier molecular flexibility index (Phi) is 3.85. The third-order valence-corrected chi connectivity index (χ3v) is 3.15. The Balaban J connectivity index is 2.20. The second kappa shape index (κ2) is 5.37. The molecule has 0 heterocycles. The molecule has 2 heteroatoms. The van der Waals surface area contributed by atoms with Gasteiger partial charge >= 0.3 is 0 Å². The van der Waals surface area contributed by atoms with Gasteiger partial charge in [-0.1, -0.05) is 18.2 Å². The lowest BCUT2D eigenvalue weighted by Gasteiger charge is -2.22. The minimum absolute atomic E-state index is 0.0122. The van der Waals surface area contributed by atoms with Crippen LogP contribution < -0.4 is 10.5 Å². The topological polar surface area (TPSA) is 35.2 Å². The van der Waals surface area contributed by atoms with E-state index in [1.54, 1.807) is 0 Å². The van der Waals surface area contributed by atoms with E-state index >= 15 is 0 Å². The van der Waals surface area contributed by atoms with Crippen LogP contribution in [0.5, 0.6) is 5.75 Å². The number of rotatable bonds is 3. The zero-order chi connectivity index (χ0) is 12.3. The van der Waals surface area contributed by atoms with Gasteiger partial charge in [-0.15, -0.1) is 0 Å². The normalized spacial score (nSPS) is 21.2. The molecule has 0 radical (unpaired) electrons. The summed E-state index contributed by atoms with van der Waals surface area (Å²) in [6.07, 6.45) is 8.06. The molecular weight excluding hydrogens is 210 g/mol. The van der Waals surface area contributed by atoms with Crippen molar-refractivity contribution < 1.29 is 4.74 Å². The SMILES string of the molecule is Cc1ccc([C@H](C)N)c(OC2C=CCCC2)c1. The van der Waals surface area contributed by atoms with Gasteiger partial charge in [0.05, 0.1) is 0 Å². The molecule has 2 atom stereocenters. The first kappa shape index (κ1) is 12.2. The Morgan fingerprint density at radius 3 is 2.88 bits per heavy atom. The molecule has 2 nitrogen and oxygen atoms in total. The fraction of sp³-hybridized carbons (Fsp3) is 0.467. The van der Waals surface area contributed by atoms with Gasteiger partial charge in [0, 0.05) is 11.6 Å². The molecule has 2 rings (SSSR count). The number of ether oxygens (including phenoxy) is 1. The van der Waals surface area contributed by atoms with Crippen molar-refractivity contribution in [3.63, 3.8) is 0 Å². The van der Waals surface area contributed by atoms with E-state index < -0.39 is 0 Å². The number of benzene rings is 1. The van der Waals surface area contributed by atoms with E-state index in [9.17, 15) is 0 Å². The molecule has 0 bridgehead atoms. The third-order valence-electron chi connectivity index (χ3n) is 3.15. The average Bonchev–Trinajstić information content (AvgIpc) is 2.30. The van der Waals surface area contributed by atoms with Gasteiger partial charge in [-0.3, -0.25) is 0 Å². The maximum atomic E-state index is 6.06. The molecule has 0 saturated carbocycles. The lowest BCUT2D eigenvalue weighted by molar-refractivity contribution is 0.227. The summed E-state index contributed by atoms with van der Waals surface area (Å²) in [5.41, 5.74) is 8.28. The van der Waals surface area contributed by atoms with Crippen LogP contribution >= 0.6 is 0 Å². The minimum Gasteiger partial charge on any atom is -0.486 e. The second-order valence-corrected chi connectivity index (χ2v) is 4.85. The smallest absolute Gasteiger partial charge is 0.125 e. The van der Waals surface area contributed by atoms with Crippen molar-refractivity contribution in [3.05, 3.63) is 41.5 Å². The molecule has 0 amide bonds. The third kappa shape index (κ3) is 3.10. The summed E-state index contributed by atoms with van der Waals surface area (Å²) in [5.74, 6) is 0.941.